The molecule has 2 aromatic carbocycles. The molecule has 0 N–H and O–H groups in total. The van der Waals surface area contributed by atoms with E-state index in [1.807, 2.05) is 24.3 Å². The number of thiazole rings is 1. The monoisotopic (exact) mass is 548 g/mol. The van der Waals surface area contributed by atoms with Crippen molar-refractivity contribution in [1.82, 2.24) is 4.57 Å². The molecule has 2 heterocycles. The largest absolute Gasteiger partial charge is 0.482 e. The first kappa shape index (κ1) is 28.0. The van der Waals surface area contributed by atoms with E-state index < -0.39 is 18.0 Å². The van der Waals surface area contributed by atoms with E-state index in [1.54, 1.807) is 55.7 Å². The van der Waals surface area contributed by atoms with Gasteiger partial charge >= 0.3 is 11.9 Å². The van der Waals surface area contributed by atoms with E-state index in [2.05, 4.69) is 18.8 Å². The van der Waals surface area contributed by atoms with Crippen molar-refractivity contribution in [2.75, 3.05) is 19.8 Å². The summed E-state index contributed by atoms with van der Waals surface area (Å²) in [5.74, 6) is -0.0519. The van der Waals surface area contributed by atoms with Crippen molar-refractivity contribution in [3.8, 4) is 5.75 Å². The van der Waals surface area contributed by atoms with Gasteiger partial charge in [-0.25, -0.2) is 14.6 Å². The van der Waals surface area contributed by atoms with E-state index in [1.165, 1.54) is 16.9 Å². The van der Waals surface area contributed by atoms with Gasteiger partial charge in [-0.2, -0.15) is 0 Å². The highest BCUT2D eigenvalue weighted by molar-refractivity contribution is 7.07. The molecular weight excluding hydrogens is 516 g/mol. The number of allylic oxidation sites excluding steroid dienone is 1. The Kier molecular flexibility index (Phi) is 8.81. The molecule has 0 bridgehead atoms. The molecule has 1 unspecified atom stereocenters. The number of carbonyl (C=O) groups excluding carboxylic acids is 2. The predicted octanol–water partition coefficient (Wildman–Crippen LogP) is 3.86. The van der Waals surface area contributed by atoms with Gasteiger partial charge in [0.2, 0.25) is 0 Å². The summed E-state index contributed by atoms with van der Waals surface area (Å²) in [5, 5.41) is 0. The van der Waals surface area contributed by atoms with Crippen LogP contribution in [0.25, 0.3) is 6.08 Å². The van der Waals surface area contributed by atoms with Crippen molar-refractivity contribution in [3.63, 3.8) is 0 Å². The molecule has 3 aromatic rings. The van der Waals surface area contributed by atoms with E-state index in [9.17, 15) is 14.4 Å². The molecule has 204 valence electrons. The number of hydrogen-bond donors (Lipinski definition) is 0. The van der Waals surface area contributed by atoms with Crippen LogP contribution in [0.5, 0.6) is 5.75 Å². The van der Waals surface area contributed by atoms with Gasteiger partial charge in [0.25, 0.3) is 5.56 Å². The highest BCUT2D eigenvalue weighted by atomic mass is 32.1. The predicted molar refractivity (Wildman–Crippen MR) is 149 cm³/mol. The molecular formula is C30H32N2O6S. The first-order chi connectivity index (χ1) is 18.7. The molecule has 1 atom stereocenters. The lowest BCUT2D eigenvalue weighted by atomic mass is 9.93. The highest BCUT2D eigenvalue weighted by Crippen LogP contribution is 2.31. The third kappa shape index (κ3) is 6.20. The number of hydrogen-bond acceptors (Lipinski definition) is 8. The van der Waals surface area contributed by atoms with Gasteiger partial charge < -0.3 is 14.2 Å². The molecule has 1 aromatic heterocycles. The summed E-state index contributed by atoms with van der Waals surface area (Å²) in [5.41, 5.74) is 3.40. The van der Waals surface area contributed by atoms with Crippen LogP contribution in [0.15, 0.2) is 69.6 Å². The quantitative estimate of drug-likeness (QED) is 0.377. The number of nitrogens with zero attached hydrogens (tertiary/aromatic N) is 2. The van der Waals surface area contributed by atoms with Crippen molar-refractivity contribution in [2.45, 2.75) is 46.6 Å². The Hall–Kier alpha value is -3.98. The van der Waals surface area contributed by atoms with Crippen LogP contribution >= 0.6 is 11.3 Å². The maximum atomic E-state index is 13.7. The lowest BCUT2D eigenvalue weighted by Crippen LogP contribution is -2.39. The molecule has 0 amide bonds. The second-order valence-electron chi connectivity index (χ2n) is 9.29. The van der Waals surface area contributed by atoms with Crippen LogP contribution in [0.2, 0.25) is 0 Å². The van der Waals surface area contributed by atoms with Gasteiger partial charge in [0.05, 0.1) is 35.1 Å². The van der Waals surface area contributed by atoms with Crippen molar-refractivity contribution >= 4 is 29.4 Å². The number of carbonyl (C=O) groups is 2. The van der Waals surface area contributed by atoms with Crippen molar-refractivity contribution in [1.29, 1.82) is 0 Å². The third-order valence-corrected chi connectivity index (χ3v) is 7.26. The molecule has 0 radical (unpaired) electrons. The second kappa shape index (κ2) is 12.3. The Morgan fingerprint density at radius 2 is 1.69 bits per heavy atom. The molecule has 0 saturated carbocycles. The molecule has 4 rings (SSSR count). The smallest absolute Gasteiger partial charge is 0.344 e. The van der Waals surface area contributed by atoms with Gasteiger partial charge in [0.15, 0.2) is 11.4 Å². The first-order valence-electron chi connectivity index (χ1n) is 12.9. The Bertz CT molecular complexity index is 1560. The van der Waals surface area contributed by atoms with Crippen LogP contribution in [0.4, 0.5) is 0 Å². The normalized spacial score (nSPS) is 15.1. The van der Waals surface area contributed by atoms with Crippen LogP contribution in [-0.4, -0.2) is 36.3 Å². The molecule has 8 nitrogen and oxygen atoms in total. The van der Waals surface area contributed by atoms with E-state index in [4.69, 9.17) is 14.2 Å². The van der Waals surface area contributed by atoms with Gasteiger partial charge in [-0.05, 0) is 61.6 Å². The maximum Gasteiger partial charge on any atom is 0.344 e. The Balaban J connectivity index is 1.74. The number of esters is 2. The average molecular weight is 549 g/mol. The molecule has 0 spiro atoms. The lowest BCUT2D eigenvalue weighted by molar-refractivity contribution is -0.145. The number of ether oxygens (including phenoxy) is 3. The lowest BCUT2D eigenvalue weighted by Gasteiger charge is -2.25. The fourth-order valence-corrected chi connectivity index (χ4v) is 5.37. The van der Waals surface area contributed by atoms with E-state index >= 15 is 0 Å². The fraction of sp³-hybridized carbons (Fsp3) is 0.333. The zero-order valence-electron chi connectivity index (χ0n) is 22.7. The summed E-state index contributed by atoms with van der Waals surface area (Å²) in [7, 11) is 0. The van der Waals surface area contributed by atoms with Crippen molar-refractivity contribution in [3.05, 3.63) is 96.2 Å². The van der Waals surface area contributed by atoms with Crippen LogP contribution in [0.3, 0.4) is 0 Å². The third-order valence-electron chi connectivity index (χ3n) is 6.28. The van der Waals surface area contributed by atoms with Gasteiger partial charge in [-0.3, -0.25) is 9.36 Å². The highest BCUT2D eigenvalue weighted by Gasteiger charge is 2.33. The van der Waals surface area contributed by atoms with E-state index in [0.717, 1.165) is 11.1 Å². The standard InChI is InChI=1S/C30H32N2O6S/c1-6-36-25(33)17-38-23-14-8-20(9-15-23)16-24-28(34)32-27(22-12-10-21(11-13-22)18(3)4)26(29(35)37-7-2)19(5)31-30(32)39-24/h8-16,18,27H,6-7,17H2,1-5H3. The molecule has 0 fully saturated rings. The minimum Gasteiger partial charge on any atom is -0.482 e. The molecule has 0 aliphatic carbocycles. The summed E-state index contributed by atoms with van der Waals surface area (Å²) in [6.45, 7) is 9.83. The minimum absolute atomic E-state index is 0.175. The summed E-state index contributed by atoms with van der Waals surface area (Å²) in [4.78, 5) is 43.5. The van der Waals surface area contributed by atoms with Crippen LogP contribution in [-0.2, 0) is 19.1 Å². The SMILES string of the molecule is CCOC(=O)COc1ccc(C=c2sc3n(c2=O)C(c2ccc(C(C)C)cc2)C(C(=O)OCC)=C(C)N=3)cc1. The van der Waals surface area contributed by atoms with Gasteiger partial charge in [0.1, 0.15) is 5.75 Å². The molecule has 9 heteroatoms. The molecule has 39 heavy (non-hydrogen) atoms. The fourth-order valence-electron chi connectivity index (χ4n) is 4.33. The van der Waals surface area contributed by atoms with Crippen LogP contribution in [0, 0.1) is 0 Å². The topological polar surface area (TPSA) is 96.2 Å². The zero-order valence-corrected chi connectivity index (χ0v) is 23.5. The minimum atomic E-state index is -0.651. The number of fused-ring (bicyclic) bond motifs is 1. The van der Waals surface area contributed by atoms with Crippen LogP contribution in [0.1, 0.15) is 63.3 Å². The van der Waals surface area contributed by atoms with E-state index in [-0.39, 0.29) is 18.8 Å². The first-order valence-corrected chi connectivity index (χ1v) is 13.7. The summed E-state index contributed by atoms with van der Waals surface area (Å²) >= 11 is 1.27. The Labute approximate surface area is 230 Å². The van der Waals surface area contributed by atoms with Crippen molar-refractivity contribution < 1.29 is 23.8 Å². The Morgan fingerprint density at radius 3 is 2.31 bits per heavy atom. The number of aromatic nitrogens is 1. The molecule has 1 aliphatic heterocycles. The van der Waals surface area contributed by atoms with Gasteiger partial charge in [0, 0.05) is 0 Å². The number of rotatable bonds is 9. The summed E-state index contributed by atoms with van der Waals surface area (Å²) in [6.07, 6.45) is 1.78. The van der Waals surface area contributed by atoms with Crippen LogP contribution < -0.4 is 19.6 Å². The molecule has 1 aliphatic rings. The van der Waals surface area contributed by atoms with Gasteiger partial charge in [-0.15, -0.1) is 0 Å². The maximum absolute atomic E-state index is 13.7. The molecule has 0 saturated heterocycles. The zero-order chi connectivity index (χ0) is 28.1. The number of benzene rings is 2. The summed E-state index contributed by atoms with van der Waals surface area (Å²) in [6, 6.07) is 14.4. The van der Waals surface area contributed by atoms with Gasteiger partial charge in [-0.1, -0.05) is 61.6 Å². The van der Waals surface area contributed by atoms with E-state index in [0.29, 0.717) is 38.9 Å². The van der Waals surface area contributed by atoms with Crippen molar-refractivity contribution in [2.24, 2.45) is 4.99 Å². The second-order valence-corrected chi connectivity index (χ2v) is 10.3. The Morgan fingerprint density at radius 1 is 1.03 bits per heavy atom. The average Bonchev–Trinajstić information content (AvgIpc) is 3.21. The summed E-state index contributed by atoms with van der Waals surface area (Å²) < 4.78 is 17.8.